The minimum atomic E-state index is -0.590. The molecule has 1 aliphatic rings. The predicted molar refractivity (Wildman–Crippen MR) is 67.9 cm³/mol. The molecule has 0 bridgehead atoms. The number of likely N-dealkylation sites (tertiary alicyclic amines) is 1. The van der Waals surface area contributed by atoms with Gasteiger partial charge in [0, 0.05) is 31.7 Å². The van der Waals surface area contributed by atoms with E-state index >= 15 is 0 Å². The van der Waals surface area contributed by atoms with E-state index in [1.165, 1.54) is 0 Å². The first-order valence-electron chi connectivity index (χ1n) is 6.38. The van der Waals surface area contributed by atoms with Crippen LogP contribution in [0.2, 0.25) is 0 Å². The lowest BCUT2D eigenvalue weighted by Crippen LogP contribution is -2.35. The summed E-state index contributed by atoms with van der Waals surface area (Å²) in [6, 6.07) is 2.57. The second-order valence-corrected chi connectivity index (χ2v) is 5.47. The monoisotopic (exact) mass is 237 g/mol. The molecule has 4 nitrogen and oxygen atoms in total. The fourth-order valence-electron chi connectivity index (χ4n) is 2.77. The van der Waals surface area contributed by atoms with Gasteiger partial charge in [-0.25, -0.2) is 0 Å². The van der Waals surface area contributed by atoms with Gasteiger partial charge in [0.05, 0.1) is 11.3 Å². The lowest BCUT2D eigenvalue weighted by atomic mass is 9.94. The van der Waals surface area contributed by atoms with Crippen LogP contribution in [0.4, 0.5) is 0 Å². The second kappa shape index (κ2) is 4.42. The summed E-state index contributed by atoms with van der Waals surface area (Å²) in [6.07, 6.45) is 2.49. The minimum Gasteiger partial charge on any atom is -0.388 e. The molecule has 96 valence electrons. The Morgan fingerprint density at radius 3 is 2.71 bits per heavy atom. The van der Waals surface area contributed by atoms with Crippen molar-refractivity contribution in [2.45, 2.75) is 44.8 Å². The summed E-state index contributed by atoms with van der Waals surface area (Å²) >= 11 is 0. The topological polar surface area (TPSA) is 41.3 Å². The van der Waals surface area contributed by atoms with Gasteiger partial charge in [0.15, 0.2) is 0 Å². The van der Waals surface area contributed by atoms with Crippen LogP contribution in [0.3, 0.4) is 0 Å². The number of aliphatic hydroxyl groups is 1. The van der Waals surface area contributed by atoms with E-state index in [-0.39, 0.29) is 0 Å². The van der Waals surface area contributed by atoms with E-state index in [1.54, 1.807) is 0 Å². The molecule has 0 radical (unpaired) electrons. The number of likely N-dealkylation sites (N-methyl/N-ethyl adjacent to an activating group) is 1. The highest BCUT2D eigenvalue weighted by molar-refractivity contribution is 5.14. The lowest BCUT2D eigenvalue weighted by molar-refractivity contribution is 0.0502. The van der Waals surface area contributed by atoms with Crippen molar-refractivity contribution in [2.75, 3.05) is 13.6 Å². The van der Waals surface area contributed by atoms with Gasteiger partial charge >= 0.3 is 0 Å². The van der Waals surface area contributed by atoms with Gasteiger partial charge in [-0.05, 0) is 32.9 Å². The maximum Gasteiger partial charge on any atom is 0.0843 e. The van der Waals surface area contributed by atoms with Crippen LogP contribution in [0.15, 0.2) is 6.07 Å². The van der Waals surface area contributed by atoms with Gasteiger partial charge in [-0.15, -0.1) is 0 Å². The van der Waals surface area contributed by atoms with E-state index in [1.807, 2.05) is 11.7 Å². The molecule has 0 amide bonds. The van der Waals surface area contributed by atoms with Crippen LogP contribution < -0.4 is 0 Å². The number of β-amino-alcohol motifs (C(OH)–C–C–N with tert-alkyl or cyclic N) is 1. The summed E-state index contributed by atoms with van der Waals surface area (Å²) in [7, 11) is 4.03. The zero-order valence-corrected chi connectivity index (χ0v) is 11.3. The molecule has 1 aromatic rings. The van der Waals surface area contributed by atoms with Crippen LogP contribution in [0, 0.1) is 0 Å². The van der Waals surface area contributed by atoms with Crippen molar-refractivity contribution in [3.63, 3.8) is 0 Å². The second-order valence-electron chi connectivity index (χ2n) is 5.47. The molecule has 1 fully saturated rings. The summed E-state index contributed by atoms with van der Waals surface area (Å²) in [5.74, 6) is 0. The molecule has 1 saturated heterocycles. The third kappa shape index (κ3) is 2.53. The van der Waals surface area contributed by atoms with E-state index in [0.29, 0.717) is 12.5 Å². The van der Waals surface area contributed by atoms with Gasteiger partial charge in [-0.1, -0.05) is 6.92 Å². The number of aryl methyl sites for hydroxylation is 2. The molecular formula is C13H23N3O. The zero-order valence-electron chi connectivity index (χ0n) is 11.3. The average Bonchev–Trinajstić information content (AvgIpc) is 2.70. The van der Waals surface area contributed by atoms with Crippen molar-refractivity contribution in [2.24, 2.45) is 7.05 Å². The van der Waals surface area contributed by atoms with Gasteiger partial charge in [0.1, 0.15) is 0 Å². The molecule has 0 aromatic carbocycles. The zero-order chi connectivity index (χ0) is 12.6. The van der Waals surface area contributed by atoms with Crippen molar-refractivity contribution in [1.29, 1.82) is 0 Å². The summed E-state index contributed by atoms with van der Waals surface area (Å²) in [5.41, 5.74) is 1.64. The largest absolute Gasteiger partial charge is 0.388 e. The Kier molecular flexibility index (Phi) is 3.27. The number of aromatic nitrogens is 2. The molecule has 4 heteroatoms. The Labute approximate surface area is 103 Å². The summed E-state index contributed by atoms with van der Waals surface area (Å²) in [6.45, 7) is 5.02. The molecule has 17 heavy (non-hydrogen) atoms. The van der Waals surface area contributed by atoms with Crippen LogP contribution in [0.1, 0.15) is 31.7 Å². The molecule has 2 unspecified atom stereocenters. The number of hydrogen-bond donors (Lipinski definition) is 1. The van der Waals surface area contributed by atoms with Crippen LogP contribution in [-0.2, 0) is 19.9 Å². The van der Waals surface area contributed by atoms with Crippen LogP contribution in [-0.4, -0.2) is 45.0 Å². The number of nitrogens with zero attached hydrogens (tertiary/aromatic N) is 3. The van der Waals surface area contributed by atoms with E-state index in [0.717, 1.165) is 30.8 Å². The Morgan fingerprint density at radius 2 is 2.24 bits per heavy atom. The average molecular weight is 237 g/mol. The van der Waals surface area contributed by atoms with Crippen molar-refractivity contribution < 1.29 is 5.11 Å². The van der Waals surface area contributed by atoms with Crippen molar-refractivity contribution in [3.8, 4) is 0 Å². The maximum absolute atomic E-state index is 10.6. The van der Waals surface area contributed by atoms with Crippen LogP contribution in [0.5, 0.6) is 0 Å². The Hall–Kier alpha value is -0.870. The van der Waals surface area contributed by atoms with E-state index in [4.69, 9.17) is 0 Å². The Morgan fingerprint density at radius 1 is 1.53 bits per heavy atom. The van der Waals surface area contributed by atoms with Gasteiger partial charge in [-0.3, -0.25) is 4.68 Å². The van der Waals surface area contributed by atoms with Crippen LogP contribution >= 0.6 is 0 Å². The molecule has 1 N–H and O–H groups in total. The fraction of sp³-hybridized carbons (Fsp3) is 0.769. The Bertz CT molecular complexity index is 389. The highest BCUT2D eigenvalue weighted by atomic mass is 16.3. The molecule has 0 aliphatic carbocycles. The molecule has 1 aromatic heterocycles. The standard InChI is InChI=1S/C13H23N3O/c1-5-11-6-12(16(4)14-11)8-13(17)7-10(2)15(3)9-13/h6,10,17H,5,7-9H2,1-4H3. The van der Waals surface area contributed by atoms with Gasteiger partial charge < -0.3 is 10.0 Å². The van der Waals surface area contributed by atoms with Crippen molar-refractivity contribution in [3.05, 3.63) is 17.5 Å². The lowest BCUT2D eigenvalue weighted by Gasteiger charge is -2.22. The first-order chi connectivity index (χ1) is 7.93. The SMILES string of the molecule is CCc1cc(CC2(O)CC(C)N(C)C2)n(C)n1. The minimum absolute atomic E-state index is 0.457. The first kappa shape index (κ1) is 12.6. The van der Waals surface area contributed by atoms with E-state index < -0.39 is 5.60 Å². The van der Waals surface area contributed by atoms with E-state index in [9.17, 15) is 5.11 Å². The molecule has 1 aliphatic heterocycles. The van der Waals surface area contributed by atoms with Gasteiger partial charge in [-0.2, -0.15) is 5.10 Å². The van der Waals surface area contributed by atoms with Crippen LogP contribution in [0.25, 0.3) is 0 Å². The molecule has 2 atom stereocenters. The fourth-order valence-corrected chi connectivity index (χ4v) is 2.77. The molecule has 2 heterocycles. The predicted octanol–water partition coefficient (Wildman–Crippen LogP) is 0.980. The van der Waals surface area contributed by atoms with Gasteiger partial charge in [0.2, 0.25) is 0 Å². The highest BCUT2D eigenvalue weighted by Gasteiger charge is 2.39. The Balaban J connectivity index is 2.12. The third-order valence-corrected chi connectivity index (χ3v) is 3.87. The van der Waals surface area contributed by atoms with Crippen molar-refractivity contribution in [1.82, 2.24) is 14.7 Å². The van der Waals surface area contributed by atoms with E-state index in [2.05, 4.69) is 37.0 Å². The summed E-state index contributed by atoms with van der Waals surface area (Å²) in [4.78, 5) is 2.22. The quantitative estimate of drug-likeness (QED) is 0.852. The smallest absolute Gasteiger partial charge is 0.0843 e. The third-order valence-electron chi connectivity index (χ3n) is 3.87. The number of rotatable bonds is 3. The molecule has 0 spiro atoms. The molecular weight excluding hydrogens is 214 g/mol. The summed E-state index contributed by atoms with van der Waals surface area (Å²) in [5, 5.41) is 15.0. The maximum atomic E-state index is 10.6. The highest BCUT2D eigenvalue weighted by Crippen LogP contribution is 2.29. The number of hydrogen-bond acceptors (Lipinski definition) is 3. The molecule has 2 rings (SSSR count). The first-order valence-corrected chi connectivity index (χ1v) is 6.38. The van der Waals surface area contributed by atoms with Gasteiger partial charge in [0.25, 0.3) is 0 Å². The summed E-state index contributed by atoms with van der Waals surface area (Å²) < 4.78 is 1.90. The normalized spacial score (nSPS) is 30.1. The van der Waals surface area contributed by atoms with Crippen molar-refractivity contribution >= 4 is 0 Å². The molecule has 0 saturated carbocycles.